The van der Waals surface area contributed by atoms with Crippen molar-refractivity contribution in [3.63, 3.8) is 0 Å². The summed E-state index contributed by atoms with van der Waals surface area (Å²) in [4.78, 5) is 0. The zero-order valence-corrected chi connectivity index (χ0v) is 6.02. The predicted molar refractivity (Wildman–Crippen MR) is 37.4 cm³/mol. The highest BCUT2D eigenvalue weighted by Crippen LogP contribution is 2.29. The molecular weight excluding hydrogens is 133 g/mol. The average Bonchev–Trinajstić information content (AvgIpc) is 1.96. The first-order valence-electron chi connectivity index (χ1n) is 3.75. The second kappa shape index (κ2) is 2.84. The van der Waals surface area contributed by atoms with Crippen molar-refractivity contribution < 1.29 is 9.50 Å². The maximum atomic E-state index is 12.9. The SMILES string of the molecule is NC[C@@]1(O)CCCC[C@H]1F. The van der Waals surface area contributed by atoms with Crippen LogP contribution in [0, 0.1) is 0 Å². The minimum Gasteiger partial charge on any atom is -0.386 e. The summed E-state index contributed by atoms with van der Waals surface area (Å²) in [5.74, 6) is 0. The lowest BCUT2D eigenvalue weighted by molar-refractivity contribution is -0.0548. The van der Waals surface area contributed by atoms with Crippen LogP contribution >= 0.6 is 0 Å². The zero-order chi connectivity index (χ0) is 7.61. The summed E-state index contributed by atoms with van der Waals surface area (Å²) >= 11 is 0. The molecule has 3 N–H and O–H groups in total. The van der Waals surface area contributed by atoms with E-state index >= 15 is 0 Å². The summed E-state index contributed by atoms with van der Waals surface area (Å²) in [6.45, 7) is 0.0498. The molecule has 0 saturated heterocycles. The molecule has 0 unspecified atom stereocenters. The van der Waals surface area contributed by atoms with Crippen molar-refractivity contribution in [2.45, 2.75) is 37.5 Å². The van der Waals surface area contributed by atoms with E-state index in [4.69, 9.17) is 5.73 Å². The van der Waals surface area contributed by atoms with Gasteiger partial charge in [-0.3, -0.25) is 0 Å². The number of hydrogen-bond acceptors (Lipinski definition) is 2. The van der Waals surface area contributed by atoms with E-state index in [-0.39, 0.29) is 6.54 Å². The van der Waals surface area contributed by atoms with E-state index in [9.17, 15) is 9.50 Å². The van der Waals surface area contributed by atoms with Crippen LogP contribution in [0.25, 0.3) is 0 Å². The second-order valence-electron chi connectivity index (χ2n) is 3.02. The Balaban J connectivity index is 2.54. The van der Waals surface area contributed by atoms with Crippen molar-refractivity contribution in [1.82, 2.24) is 0 Å². The molecule has 0 aromatic carbocycles. The third-order valence-electron chi connectivity index (χ3n) is 2.25. The Hall–Kier alpha value is -0.150. The zero-order valence-electron chi connectivity index (χ0n) is 6.02. The highest BCUT2D eigenvalue weighted by Gasteiger charge is 2.37. The van der Waals surface area contributed by atoms with E-state index in [1.165, 1.54) is 0 Å². The van der Waals surface area contributed by atoms with E-state index < -0.39 is 11.8 Å². The molecular formula is C7H14FNO. The highest BCUT2D eigenvalue weighted by atomic mass is 19.1. The molecule has 0 aliphatic heterocycles. The largest absolute Gasteiger partial charge is 0.386 e. The molecule has 0 aromatic heterocycles. The van der Waals surface area contributed by atoms with Gasteiger partial charge in [0.1, 0.15) is 11.8 Å². The third kappa shape index (κ3) is 1.30. The van der Waals surface area contributed by atoms with Crippen LogP contribution in [0.4, 0.5) is 4.39 Å². The number of aliphatic hydroxyl groups is 1. The van der Waals surface area contributed by atoms with Crippen molar-refractivity contribution >= 4 is 0 Å². The van der Waals surface area contributed by atoms with Crippen LogP contribution in [0.2, 0.25) is 0 Å². The van der Waals surface area contributed by atoms with Gasteiger partial charge in [0, 0.05) is 6.54 Å². The fraction of sp³-hybridized carbons (Fsp3) is 1.00. The molecule has 60 valence electrons. The quantitative estimate of drug-likeness (QED) is 0.570. The van der Waals surface area contributed by atoms with Gasteiger partial charge >= 0.3 is 0 Å². The molecule has 0 aromatic rings. The minimum absolute atomic E-state index is 0.0498. The Kier molecular flexibility index (Phi) is 2.26. The van der Waals surface area contributed by atoms with Crippen molar-refractivity contribution in [3.8, 4) is 0 Å². The molecule has 0 bridgehead atoms. The van der Waals surface area contributed by atoms with Gasteiger partial charge in [-0.15, -0.1) is 0 Å². The van der Waals surface area contributed by atoms with Gasteiger partial charge < -0.3 is 10.8 Å². The van der Waals surface area contributed by atoms with Crippen molar-refractivity contribution in [2.24, 2.45) is 5.73 Å². The van der Waals surface area contributed by atoms with Gasteiger partial charge in [0.25, 0.3) is 0 Å². The number of hydrogen-bond donors (Lipinski definition) is 2. The van der Waals surface area contributed by atoms with E-state index in [0.29, 0.717) is 12.8 Å². The van der Waals surface area contributed by atoms with Gasteiger partial charge in [-0.1, -0.05) is 12.8 Å². The van der Waals surface area contributed by atoms with E-state index in [2.05, 4.69) is 0 Å². The first-order valence-corrected chi connectivity index (χ1v) is 3.75. The van der Waals surface area contributed by atoms with E-state index in [1.54, 1.807) is 0 Å². The molecule has 10 heavy (non-hydrogen) atoms. The average molecular weight is 147 g/mol. The fourth-order valence-corrected chi connectivity index (χ4v) is 1.41. The fourth-order valence-electron chi connectivity index (χ4n) is 1.41. The molecule has 2 nitrogen and oxygen atoms in total. The monoisotopic (exact) mass is 147 g/mol. The molecule has 1 aliphatic rings. The molecule has 1 aliphatic carbocycles. The normalized spacial score (nSPS) is 41.7. The number of alkyl halides is 1. The molecule has 0 spiro atoms. The van der Waals surface area contributed by atoms with Crippen molar-refractivity contribution in [3.05, 3.63) is 0 Å². The van der Waals surface area contributed by atoms with Gasteiger partial charge in [-0.25, -0.2) is 4.39 Å². The lowest BCUT2D eigenvalue weighted by Gasteiger charge is -2.33. The van der Waals surface area contributed by atoms with Crippen LogP contribution in [0.5, 0.6) is 0 Å². The van der Waals surface area contributed by atoms with Crippen molar-refractivity contribution in [2.75, 3.05) is 6.54 Å². The standard InChI is InChI=1S/C7H14FNO/c8-6-3-1-2-4-7(6,10)5-9/h6,10H,1-5,9H2/t6-,7+/m1/s1. The Morgan fingerprint density at radius 2 is 2.30 bits per heavy atom. The smallest absolute Gasteiger partial charge is 0.130 e. The predicted octanol–water partition coefficient (Wildman–Crippen LogP) is 0.588. The Labute approximate surface area is 60.2 Å². The van der Waals surface area contributed by atoms with Gasteiger partial charge in [0.2, 0.25) is 0 Å². The molecule has 2 atom stereocenters. The molecule has 3 heteroatoms. The van der Waals surface area contributed by atoms with Crippen LogP contribution in [0.3, 0.4) is 0 Å². The van der Waals surface area contributed by atoms with Crippen molar-refractivity contribution in [1.29, 1.82) is 0 Å². The highest BCUT2D eigenvalue weighted by molar-refractivity contribution is 4.90. The third-order valence-corrected chi connectivity index (χ3v) is 2.25. The molecule has 0 amide bonds. The summed E-state index contributed by atoms with van der Waals surface area (Å²) in [6.07, 6.45) is 1.65. The number of halogens is 1. The van der Waals surface area contributed by atoms with Crippen LogP contribution in [-0.4, -0.2) is 23.4 Å². The first kappa shape index (κ1) is 7.95. The molecule has 1 rings (SSSR count). The van der Waals surface area contributed by atoms with Gasteiger partial charge in [0.05, 0.1) is 0 Å². The van der Waals surface area contributed by atoms with Crippen LogP contribution in [0.15, 0.2) is 0 Å². The lowest BCUT2D eigenvalue weighted by atomic mass is 9.83. The summed E-state index contributed by atoms with van der Waals surface area (Å²) in [7, 11) is 0. The lowest BCUT2D eigenvalue weighted by Crippen LogP contribution is -2.48. The first-order chi connectivity index (χ1) is 4.69. The topological polar surface area (TPSA) is 46.2 Å². The van der Waals surface area contributed by atoms with Gasteiger partial charge in [0.15, 0.2) is 0 Å². The Morgan fingerprint density at radius 1 is 1.60 bits per heavy atom. The van der Waals surface area contributed by atoms with Gasteiger partial charge in [-0.05, 0) is 12.8 Å². The van der Waals surface area contributed by atoms with Crippen LogP contribution < -0.4 is 5.73 Å². The van der Waals surface area contributed by atoms with Crippen LogP contribution in [-0.2, 0) is 0 Å². The summed E-state index contributed by atoms with van der Waals surface area (Å²) < 4.78 is 12.9. The summed E-state index contributed by atoms with van der Waals surface area (Å²) in [6, 6.07) is 0. The number of rotatable bonds is 1. The van der Waals surface area contributed by atoms with Crippen LogP contribution in [0.1, 0.15) is 25.7 Å². The Bertz CT molecular complexity index is 120. The summed E-state index contributed by atoms with van der Waals surface area (Å²) in [5.41, 5.74) is 4.03. The maximum Gasteiger partial charge on any atom is 0.130 e. The van der Waals surface area contributed by atoms with E-state index in [0.717, 1.165) is 12.8 Å². The number of nitrogens with two attached hydrogens (primary N) is 1. The van der Waals surface area contributed by atoms with E-state index in [1.807, 2.05) is 0 Å². The Morgan fingerprint density at radius 3 is 2.70 bits per heavy atom. The molecule has 1 saturated carbocycles. The molecule has 0 radical (unpaired) electrons. The van der Waals surface area contributed by atoms with Gasteiger partial charge in [-0.2, -0.15) is 0 Å². The minimum atomic E-state index is -1.21. The maximum absolute atomic E-state index is 12.9. The summed E-state index contributed by atoms with van der Waals surface area (Å²) in [5, 5.41) is 9.45. The molecule has 0 heterocycles. The second-order valence-corrected chi connectivity index (χ2v) is 3.02. The molecule has 1 fully saturated rings.